The van der Waals surface area contributed by atoms with E-state index in [2.05, 4.69) is 11.8 Å². The Balaban J connectivity index is 2.40. The SMILES string of the molecule is COCC#CCC1CCCC(=O)N1c1cc(C)c(C)c(C(C)(C)O)c1. The lowest BCUT2D eigenvalue weighted by Gasteiger charge is -2.36. The van der Waals surface area contributed by atoms with E-state index in [-0.39, 0.29) is 11.9 Å². The number of methoxy groups -OCH3 is 1. The van der Waals surface area contributed by atoms with Crippen molar-refractivity contribution in [3.8, 4) is 11.8 Å². The van der Waals surface area contributed by atoms with E-state index in [9.17, 15) is 9.90 Å². The van der Waals surface area contributed by atoms with Gasteiger partial charge in [-0.15, -0.1) is 0 Å². The molecule has 1 amide bonds. The Labute approximate surface area is 151 Å². The fraction of sp³-hybridized carbons (Fsp3) is 0.571. The molecule has 0 aromatic heterocycles. The van der Waals surface area contributed by atoms with Gasteiger partial charge in [0.25, 0.3) is 0 Å². The molecule has 1 atom stereocenters. The summed E-state index contributed by atoms with van der Waals surface area (Å²) in [7, 11) is 1.62. The molecule has 25 heavy (non-hydrogen) atoms. The standard InChI is InChI=1S/C21H29NO3/c1-15-13-18(14-19(16(15)2)21(3,4)24)22-17(9-6-7-12-25-5)10-8-11-20(22)23/h13-14,17,24H,8-12H2,1-5H3. The Kier molecular flexibility index (Phi) is 6.26. The number of amides is 1. The van der Waals surface area contributed by atoms with E-state index in [0.717, 1.165) is 35.2 Å². The van der Waals surface area contributed by atoms with Gasteiger partial charge in [-0.25, -0.2) is 0 Å². The van der Waals surface area contributed by atoms with Gasteiger partial charge in [0.1, 0.15) is 6.61 Å². The molecule has 4 heteroatoms. The van der Waals surface area contributed by atoms with Gasteiger partial charge in [-0.3, -0.25) is 4.79 Å². The molecule has 0 bridgehead atoms. The van der Waals surface area contributed by atoms with Gasteiger partial charge >= 0.3 is 0 Å². The van der Waals surface area contributed by atoms with Crippen LogP contribution in [0.5, 0.6) is 0 Å². The molecule has 136 valence electrons. The number of aryl methyl sites for hydroxylation is 1. The average Bonchev–Trinajstić information content (AvgIpc) is 2.53. The molecule has 1 unspecified atom stereocenters. The van der Waals surface area contributed by atoms with Crippen molar-refractivity contribution in [1.82, 2.24) is 0 Å². The summed E-state index contributed by atoms with van der Waals surface area (Å²) in [6, 6.07) is 4.08. The zero-order valence-electron chi connectivity index (χ0n) is 16.0. The molecule has 1 saturated heterocycles. The topological polar surface area (TPSA) is 49.8 Å². The number of carbonyl (C=O) groups excluding carboxylic acids is 1. The first-order chi connectivity index (χ1) is 11.8. The van der Waals surface area contributed by atoms with Crippen LogP contribution in [-0.4, -0.2) is 30.8 Å². The average molecular weight is 343 g/mol. The summed E-state index contributed by atoms with van der Waals surface area (Å²) in [5.41, 5.74) is 2.93. The first kappa shape index (κ1) is 19.5. The highest BCUT2D eigenvalue weighted by molar-refractivity contribution is 5.95. The minimum Gasteiger partial charge on any atom is -0.386 e. The van der Waals surface area contributed by atoms with Gasteiger partial charge in [-0.1, -0.05) is 11.8 Å². The summed E-state index contributed by atoms with van der Waals surface area (Å²) < 4.78 is 4.96. The van der Waals surface area contributed by atoms with Crippen LogP contribution in [0.2, 0.25) is 0 Å². The molecule has 2 rings (SSSR count). The molecule has 4 nitrogen and oxygen atoms in total. The number of carbonyl (C=O) groups is 1. The molecular formula is C21H29NO3. The lowest BCUT2D eigenvalue weighted by Crippen LogP contribution is -2.44. The fourth-order valence-corrected chi connectivity index (χ4v) is 3.42. The molecule has 0 saturated carbocycles. The van der Waals surface area contributed by atoms with Gasteiger partial charge in [-0.2, -0.15) is 0 Å². The number of piperidine rings is 1. The van der Waals surface area contributed by atoms with E-state index >= 15 is 0 Å². The largest absolute Gasteiger partial charge is 0.386 e. The van der Waals surface area contributed by atoms with E-state index in [0.29, 0.717) is 19.4 Å². The second-order valence-corrected chi connectivity index (χ2v) is 7.29. The predicted molar refractivity (Wildman–Crippen MR) is 101 cm³/mol. The van der Waals surface area contributed by atoms with Crippen LogP contribution in [-0.2, 0) is 15.1 Å². The van der Waals surface area contributed by atoms with Crippen molar-refractivity contribution in [2.75, 3.05) is 18.6 Å². The molecule has 1 aromatic carbocycles. The molecule has 0 spiro atoms. The monoisotopic (exact) mass is 343 g/mol. The second-order valence-electron chi connectivity index (χ2n) is 7.29. The summed E-state index contributed by atoms with van der Waals surface area (Å²) in [6.45, 7) is 8.01. The molecule has 1 heterocycles. The molecular weight excluding hydrogens is 314 g/mol. The van der Waals surface area contributed by atoms with Gasteiger partial charge in [0, 0.05) is 31.7 Å². The van der Waals surface area contributed by atoms with Crippen molar-refractivity contribution >= 4 is 11.6 Å². The maximum atomic E-state index is 12.6. The summed E-state index contributed by atoms with van der Waals surface area (Å²) in [6.07, 6.45) is 3.04. The minimum atomic E-state index is -0.947. The van der Waals surface area contributed by atoms with E-state index in [1.807, 2.05) is 30.9 Å². The number of ether oxygens (including phenoxy) is 1. The summed E-state index contributed by atoms with van der Waals surface area (Å²) >= 11 is 0. The zero-order valence-corrected chi connectivity index (χ0v) is 16.0. The van der Waals surface area contributed by atoms with Crippen LogP contribution in [0.1, 0.15) is 56.2 Å². The van der Waals surface area contributed by atoms with Gasteiger partial charge < -0.3 is 14.7 Å². The van der Waals surface area contributed by atoms with E-state index in [1.54, 1.807) is 21.0 Å². The van der Waals surface area contributed by atoms with Gasteiger partial charge in [0.2, 0.25) is 5.91 Å². The Hall–Kier alpha value is -1.83. The quantitative estimate of drug-likeness (QED) is 0.852. The van der Waals surface area contributed by atoms with Crippen molar-refractivity contribution in [3.05, 3.63) is 28.8 Å². The van der Waals surface area contributed by atoms with Crippen molar-refractivity contribution < 1.29 is 14.6 Å². The van der Waals surface area contributed by atoms with E-state index < -0.39 is 5.60 Å². The van der Waals surface area contributed by atoms with Crippen LogP contribution >= 0.6 is 0 Å². The highest BCUT2D eigenvalue weighted by atomic mass is 16.5. The van der Waals surface area contributed by atoms with Crippen LogP contribution in [0.3, 0.4) is 0 Å². The number of nitrogens with zero attached hydrogens (tertiary/aromatic N) is 1. The van der Waals surface area contributed by atoms with Crippen molar-refractivity contribution in [2.45, 2.75) is 65.0 Å². The number of anilines is 1. The summed E-state index contributed by atoms with van der Waals surface area (Å²) in [5, 5.41) is 10.5. The molecule has 1 fully saturated rings. The number of benzene rings is 1. The predicted octanol–water partition coefficient (Wildman–Crippen LogP) is 3.46. The first-order valence-electron chi connectivity index (χ1n) is 8.86. The maximum absolute atomic E-state index is 12.6. The normalized spacial score (nSPS) is 18.1. The minimum absolute atomic E-state index is 0.0716. The van der Waals surface area contributed by atoms with Crippen LogP contribution in [0.15, 0.2) is 12.1 Å². The smallest absolute Gasteiger partial charge is 0.227 e. The number of hydrogen-bond acceptors (Lipinski definition) is 3. The Morgan fingerprint density at radius 1 is 1.32 bits per heavy atom. The van der Waals surface area contributed by atoms with Crippen molar-refractivity contribution in [3.63, 3.8) is 0 Å². The van der Waals surface area contributed by atoms with Crippen molar-refractivity contribution in [2.24, 2.45) is 0 Å². The van der Waals surface area contributed by atoms with Crippen LogP contribution in [0, 0.1) is 25.7 Å². The van der Waals surface area contributed by atoms with Crippen LogP contribution in [0.25, 0.3) is 0 Å². The number of rotatable bonds is 4. The first-order valence-corrected chi connectivity index (χ1v) is 8.86. The zero-order chi connectivity index (χ0) is 18.6. The van der Waals surface area contributed by atoms with Gasteiger partial charge in [0.15, 0.2) is 0 Å². The van der Waals surface area contributed by atoms with Gasteiger partial charge in [0.05, 0.1) is 5.60 Å². The third-order valence-corrected chi connectivity index (χ3v) is 4.83. The highest BCUT2D eigenvalue weighted by Gasteiger charge is 2.30. The van der Waals surface area contributed by atoms with Crippen LogP contribution in [0.4, 0.5) is 5.69 Å². The van der Waals surface area contributed by atoms with E-state index in [1.165, 1.54) is 0 Å². The third-order valence-electron chi connectivity index (χ3n) is 4.83. The Morgan fingerprint density at radius 3 is 2.68 bits per heavy atom. The molecule has 1 aliphatic heterocycles. The maximum Gasteiger partial charge on any atom is 0.227 e. The van der Waals surface area contributed by atoms with Crippen molar-refractivity contribution in [1.29, 1.82) is 0 Å². The molecule has 1 aromatic rings. The van der Waals surface area contributed by atoms with Gasteiger partial charge in [-0.05, 0) is 69.4 Å². The lowest BCUT2D eigenvalue weighted by molar-refractivity contribution is -0.120. The second kappa shape index (κ2) is 8.03. The molecule has 0 aliphatic carbocycles. The summed E-state index contributed by atoms with van der Waals surface area (Å²) in [4.78, 5) is 14.5. The van der Waals surface area contributed by atoms with Crippen LogP contribution < -0.4 is 4.90 Å². The van der Waals surface area contributed by atoms with E-state index in [4.69, 9.17) is 4.74 Å². The lowest BCUT2D eigenvalue weighted by atomic mass is 9.89. The Morgan fingerprint density at radius 2 is 2.04 bits per heavy atom. The highest BCUT2D eigenvalue weighted by Crippen LogP contribution is 2.34. The Bertz CT molecular complexity index is 692. The number of hydrogen-bond donors (Lipinski definition) is 1. The number of aliphatic hydroxyl groups is 1. The fourth-order valence-electron chi connectivity index (χ4n) is 3.42. The summed E-state index contributed by atoms with van der Waals surface area (Å²) in [5.74, 6) is 6.24. The molecule has 0 radical (unpaired) electrons. The molecule has 1 N–H and O–H groups in total. The molecule has 1 aliphatic rings. The third kappa shape index (κ3) is 4.62.